The molecular weight excluding hydrogens is 469 g/mol. The quantitative estimate of drug-likeness (QED) is 0.139. The molecule has 0 fully saturated rings. The van der Waals surface area contributed by atoms with Gasteiger partial charge < -0.3 is 9.16 Å². The predicted octanol–water partition coefficient (Wildman–Crippen LogP) is 7.97. The fourth-order valence-electron chi connectivity index (χ4n) is 5.11. The van der Waals surface area contributed by atoms with Crippen molar-refractivity contribution in [2.45, 2.75) is 109 Å². The van der Waals surface area contributed by atoms with Gasteiger partial charge in [-0.3, -0.25) is 4.79 Å². The number of hydrogen-bond acceptors (Lipinski definition) is 3. The Morgan fingerprint density at radius 3 is 1.80 bits per heavy atom. The van der Waals surface area contributed by atoms with E-state index < -0.39 is 37.6 Å². The lowest BCUT2D eigenvalue weighted by Crippen LogP contribution is -2.52. The zero-order chi connectivity index (χ0) is 27.4. The summed E-state index contributed by atoms with van der Waals surface area (Å²) in [4.78, 5) is 13.0. The van der Waals surface area contributed by atoms with Gasteiger partial charge in [-0.05, 0) is 55.5 Å². The summed E-state index contributed by atoms with van der Waals surface area (Å²) in [7, 11) is -2.26. The topological polar surface area (TPSA) is 35.5 Å². The van der Waals surface area contributed by atoms with Gasteiger partial charge in [0.25, 0.3) is 0 Å². The molecule has 0 N–H and O–H groups in total. The molecule has 0 aliphatic carbocycles. The van der Waals surface area contributed by atoms with Gasteiger partial charge in [0.05, 0.1) is 5.60 Å². The summed E-state index contributed by atoms with van der Waals surface area (Å²) >= 11 is 0. The predicted molar refractivity (Wildman–Crippen MR) is 139 cm³/mol. The highest BCUT2D eigenvalue weighted by molar-refractivity contribution is 6.77. The van der Waals surface area contributed by atoms with Crippen LogP contribution < -0.4 is 0 Å². The number of terminal acetylenes is 1. The normalized spacial score (nSPS) is 16.3. The van der Waals surface area contributed by atoms with Gasteiger partial charge in [-0.2, -0.15) is 13.2 Å². The van der Waals surface area contributed by atoms with Crippen LogP contribution in [0.2, 0.25) is 16.6 Å². The Kier molecular flexibility index (Phi) is 10.0. The molecule has 0 saturated carbocycles. The first kappa shape index (κ1) is 31.0. The minimum Gasteiger partial charge on any atom is -0.444 e. The summed E-state index contributed by atoms with van der Waals surface area (Å²) in [6.07, 6.45) is 1.26. The molecule has 0 saturated heterocycles. The molecule has 0 aliphatic heterocycles. The maximum Gasteiger partial charge on any atom is 0.408 e. The third-order valence-electron chi connectivity index (χ3n) is 6.84. The highest BCUT2D eigenvalue weighted by atomic mass is 28.4. The van der Waals surface area contributed by atoms with E-state index in [1.165, 1.54) is 24.3 Å². The van der Waals surface area contributed by atoms with Crippen molar-refractivity contribution in [2.75, 3.05) is 0 Å². The van der Waals surface area contributed by atoms with E-state index in [2.05, 4.69) is 47.5 Å². The van der Waals surface area contributed by atoms with Crippen molar-refractivity contribution in [1.29, 1.82) is 0 Å². The molecule has 0 radical (unpaired) electrons. The number of carbonyl (C=O) groups is 1. The second-order valence-electron chi connectivity index (χ2n) is 10.9. The van der Waals surface area contributed by atoms with Gasteiger partial charge in [0.2, 0.25) is 8.32 Å². The van der Waals surface area contributed by atoms with Crippen LogP contribution in [0.3, 0.4) is 0 Å². The van der Waals surface area contributed by atoms with Crippen molar-refractivity contribution in [2.24, 2.45) is 0 Å². The summed E-state index contributed by atoms with van der Waals surface area (Å²) in [5.41, 5.74) is -2.35. The van der Waals surface area contributed by atoms with Crippen molar-refractivity contribution in [3.63, 3.8) is 0 Å². The monoisotopic (exact) mass is 510 g/mol. The maximum absolute atomic E-state index is 14.1. The molecule has 35 heavy (non-hydrogen) atoms. The van der Waals surface area contributed by atoms with E-state index in [0.717, 1.165) is 6.92 Å². The molecule has 0 amide bonds. The molecule has 196 valence electrons. The van der Waals surface area contributed by atoms with Gasteiger partial charge in [0.15, 0.2) is 11.5 Å². The lowest BCUT2D eigenvalue weighted by Gasteiger charge is -2.47. The third kappa shape index (κ3) is 6.59. The SMILES string of the molecule is C#C[C@H](OC(=O)[C@@](C)(c1ccccc1)C(F)(F)F)/C(C)=C/C(C)(C)O[Si](C(C)C)(C(C)C)C(C)C. The van der Waals surface area contributed by atoms with Gasteiger partial charge in [0, 0.05) is 0 Å². The van der Waals surface area contributed by atoms with Crippen molar-refractivity contribution < 1.29 is 27.1 Å². The van der Waals surface area contributed by atoms with E-state index in [9.17, 15) is 18.0 Å². The Morgan fingerprint density at radius 1 is 0.971 bits per heavy atom. The molecular formula is C28H41F3O3Si. The number of benzene rings is 1. The van der Waals surface area contributed by atoms with Crippen LogP contribution in [0.25, 0.3) is 0 Å². The molecule has 1 rings (SSSR count). The second-order valence-corrected chi connectivity index (χ2v) is 16.2. The number of halogens is 3. The highest BCUT2D eigenvalue weighted by Crippen LogP contribution is 2.45. The summed E-state index contributed by atoms with van der Waals surface area (Å²) in [5.74, 6) is 0.895. The number of carbonyl (C=O) groups excluding carboxylic acids is 1. The average molecular weight is 511 g/mol. The number of ether oxygens (including phenoxy) is 1. The Hall–Kier alpha value is -2.04. The Morgan fingerprint density at radius 2 is 1.43 bits per heavy atom. The molecule has 0 bridgehead atoms. The first-order valence-corrected chi connectivity index (χ1v) is 14.2. The third-order valence-corrected chi connectivity index (χ3v) is 13.1. The van der Waals surface area contributed by atoms with Crippen LogP contribution in [0.1, 0.15) is 74.8 Å². The number of hydrogen-bond donors (Lipinski definition) is 0. The number of esters is 1. The van der Waals surface area contributed by atoms with E-state index >= 15 is 0 Å². The highest BCUT2D eigenvalue weighted by Gasteiger charge is 2.59. The summed E-state index contributed by atoms with van der Waals surface area (Å²) in [5, 5.41) is 0. The van der Waals surface area contributed by atoms with Crippen LogP contribution in [0.4, 0.5) is 13.2 Å². The summed E-state index contributed by atoms with van der Waals surface area (Å²) in [6, 6.07) is 7.00. The molecule has 0 aliphatic rings. The maximum atomic E-state index is 14.1. The smallest absolute Gasteiger partial charge is 0.408 e. The van der Waals surface area contributed by atoms with Gasteiger partial charge in [-0.1, -0.05) is 83.9 Å². The fraction of sp³-hybridized carbons (Fsp3) is 0.607. The van der Waals surface area contributed by atoms with E-state index in [1.807, 2.05) is 13.8 Å². The molecule has 0 unspecified atom stereocenters. The minimum absolute atomic E-state index is 0.208. The molecule has 0 spiro atoms. The van der Waals surface area contributed by atoms with E-state index in [4.69, 9.17) is 15.6 Å². The van der Waals surface area contributed by atoms with E-state index in [-0.39, 0.29) is 5.56 Å². The Bertz CT molecular complexity index is 905. The van der Waals surface area contributed by atoms with E-state index in [0.29, 0.717) is 22.2 Å². The number of rotatable bonds is 10. The van der Waals surface area contributed by atoms with Crippen LogP contribution in [0.15, 0.2) is 42.0 Å². The van der Waals surface area contributed by atoms with Gasteiger partial charge in [0.1, 0.15) is 0 Å². The molecule has 1 aromatic rings. The number of alkyl halides is 3. The van der Waals surface area contributed by atoms with Gasteiger partial charge in [-0.25, -0.2) is 0 Å². The van der Waals surface area contributed by atoms with Crippen molar-refractivity contribution in [3.05, 3.63) is 47.5 Å². The van der Waals surface area contributed by atoms with Crippen LogP contribution in [0, 0.1) is 12.3 Å². The molecule has 0 aromatic heterocycles. The second kappa shape index (κ2) is 11.3. The summed E-state index contributed by atoms with van der Waals surface area (Å²) < 4.78 is 54.5. The minimum atomic E-state index is -4.87. The van der Waals surface area contributed by atoms with Crippen LogP contribution >= 0.6 is 0 Å². The lowest BCUT2D eigenvalue weighted by molar-refractivity contribution is -0.206. The van der Waals surface area contributed by atoms with Gasteiger partial charge in [-0.15, -0.1) is 6.42 Å². The van der Waals surface area contributed by atoms with E-state index in [1.54, 1.807) is 19.1 Å². The first-order chi connectivity index (χ1) is 15.9. The average Bonchev–Trinajstić information content (AvgIpc) is 2.73. The summed E-state index contributed by atoms with van der Waals surface area (Å²) in [6.45, 7) is 19.3. The first-order valence-electron chi connectivity index (χ1n) is 12.1. The lowest BCUT2D eigenvalue weighted by atomic mass is 9.81. The van der Waals surface area contributed by atoms with Crippen molar-refractivity contribution >= 4 is 14.3 Å². The zero-order valence-corrected chi connectivity index (χ0v) is 23.7. The van der Waals surface area contributed by atoms with Crippen molar-refractivity contribution in [3.8, 4) is 12.3 Å². The van der Waals surface area contributed by atoms with Crippen molar-refractivity contribution in [1.82, 2.24) is 0 Å². The van der Waals surface area contributed by atoms with Gasteiger partial charge >= 0.3 is 12.1 Å². The fourth-order valence-corrected chi connectivity index (χ4v) is 10.8. The molecule has 2 atom stereocenters. The zero-order valence-electron chi connectivity index (χ0n) is 22.7. The standard InChI is InChI=1S/C28H41F3O3Si/c1-12-24(33-25(32)27(11,28(29,30)31)23-16-14-13-15-17-23)22(8)18-26(9,10)34-35(19(2)3,20(4)5)21(6)7/h1,13-21,24H,2-11H3/b22-18+/t24-,27+/m0/s1. The molecule has 7 heteroatoms. The van der Waals surface area contributed by atoms with Crippen LogP contribution in [0.5, 0.6) is 0 Å². The molecule has 3 nitrogen and oxygen atoms in total. The van der Waals surface area contributed by atoms with Crippen LogP contribution in [-0.2, 0) is 19.4 Å². The largest absolute Gasteiger partial charge is 0.444 e. The Labute approximate surface area is 210 Å². The molecule has 1 aromatic carbocycles. The Balaban J connectivity index is 3.34. The molecule has 0 heterocycles. The van der Waals surface area contributed by atoms with Crippen LogP contribution in [-0.4, -0.2) is 32.2 Å².